The third kappa shape index (κ3) is 8.50. The van der Waals surface area contributed by atoms with Crippen molar-refractivity contribution in [2.45, 2.75) is 0 Å². The zero-order valence-electron chi connectivity index (χ0n) is 5.43. The molecule has 1 aromatic rings. The monoisotopic (exact) mass is 174 g/mol. The van der Waals surface area contributed by atoms with Crippen molar-refractivity contribution in [1.82, 2.24) is 14.9 Å². The molecule has 0 saturated carbocycles. The highest BCUT2D eigenvalue weighted by Crippen LogP contribution is 1.78. The van der Waals surface area contributed by atoms with Crippen LogP contribution in [0.15, 0.2) is 11.6 Å². The molecule has 1 rings (SSSR count). The number of amides is 3. The third-order valence-corrected chi connectivity index (χ3v) is 0.916. The summed E-state index contributed by atoms with van der Waals surface area (Å²) in [4.78, 5) is 18.7. The van der Waals surface area contributed by atoms with Crippen LogP contribution < -0.4 is 11.1 Å². The molecule has 3 N–H and O–H groups in total. The van der Waals surface area contributed by atoms with Crippen molar-refractivity contribution in [1.29, 1.82) is 0 Å². The fraction of sp³-hybridized carbons (Fsp3) is 0. The van der Waals surface area contributed by atoms with Gasteiger partial charge in [0.05, 0.1) is 6.20 Å². The molecule has 7 heteroatoms. The van der Waals surface area contributed by atoms with Crippen LogP contribution in [0.1, 0.15) is 0 Å². The summed E-state index contributed by atoms with van der Waals surface area (Å²) in [5.74, 6) is 0. The molecule has 0 aliphatic rings. The number of nitrogens with zero attached hydrogens (tertiary/aromatic N) is 2. The SMILES string of the molecule is NC(=O)NC=O.c1csnn1. The molecule has 0 aliphatic heterocycles. The topological polar surface area (TPSA) is 98.0 Å². The third-order valence-electron chi connectivity index (χ3n) is 0.484. The van der Waals surface area contributed by atoms with Crippen molar-refractivity contribution < 1.29 is 9.59 Å². The number of primary amides is 1. The number of urea groups is 1. The highest BCUT2D eigenvalue weighted by atomic mass is 32.1. The van der Waals surface area contributed by atoms with E-state index in [1.807, 2.05) is 5.38 Å². The first-order valence-electron chi connectivity index (χ1n) is 2.48. The van der Waals surface area contributed by atoms with E-state index in [1.165, 1.54) is 11.5 Å². The Kier molecular flexibility index (Phi) is 5.72. The number of carbonyl (C=O) groups is 2. The van der Waals surface area contributed by atoms with Gasteiger partial charge < -0.3 is 5.73 Å². The van der Waals surface area contributed by atoms with Crippen LogP contribution in [0.3, 0.4) is 0 Å². The lowest BCUT2D eigenvalue weighted by Gasteiger charge is -1.79. The number of imide groups is 1. The quantitative estimate of drug-likeness (QED) is 0.552. The van der Waals surface area contributed by atoms with Crippen LogP contribution >= 0.6 is 11.5 Å². The standard InChI is InChI=1S/C2H4N2O2.C2H2N2S/c3-2(6)4-1-5;1-2-5-4-3-1/h1H,(H3,3,4,5,6);1-2H. The van der Waals surface area contributed by atoms with Crippen molar-refractivity contribution >= 4 is 24.0 Å². The van der Waals surface area contributed by atoms with Crippen molar-refractivity contribution in [3.63, 3.8) is 0 Å². The molecule has 0 aromatic carbocycles. The van der Waals surface area contributed by atoms with Crippen LogP contribution in [-0.4, -0.2) is 22.0 Å². The fourth-order valence-electron chi connectivity index (χ4n) is 0.194. The molecule has 0 spiro atoms. The van der Waals surface area contributed by atoms with Crippen molar-refractivity contribution in [2.24, 2.45) is 5.73 Å². The molecule has 60 valence electrons. The van der Waals surface area contributed by atoms with E-state index in [0.717, 1.165) is 0 Å². The summed E-state index contributed by atoms with van der Waals surface area (Å²) >= 11 is 1.35. The Labute approximate surface area is 66.6 Å². The number of rotatable bonds is 1. The molecule has 1 heterocycles. The molecule has 0 fully saturated rings. The van der Waals surface area contributed by atoms with Gasteiger partial charge in [-0.25, -0.2) is 4.79 Å². The number of nitrogens with one attached hydrogen (secondary N) is 1. The average Bonchev–Trinajstić information content (AvgIpc) is 2.41. The number of hydrogen-bond donors (Lipinski definition) is 2. The molecule has 0 bridgehead atoms. The first-order valence-corrected chi connectivity index (χ1v) is 3.31. The highest BCUT2D eigenvalue weighted by Gasteiger charge is 1.79. The molecule has 0 aliphatic carbocycles. The van der Waals surface area contributed by atoms with E-state index in [2.05, 4.69) is 15.3 Å². The second-order valence-corrected chi connectivity index (χ2v) is 1.86. The lowest BCUT2D eigenvalue weighted by Crippen LogP contribution is -2.27. The molecule has 11 heavy (non-hydrogen) atoms. The number of carbonyl (C=O) groups excluding carboxylic acids is 2. The Balaban J connectivity index is 0.000000183. The summed E-state index contributed by atoms with van der Waals surface area (Å²) in [6.07, 6.45) is 1.88. The summed E-state index contributed by atoms with van der Waals surface area (Å²) in [5, 5.41) is 6.98. The Morgan fingerprint density at radius 2 is 2.45 bits per heavy atom. The first kappa shape index (κ1) is 9.50. The van der Waals surface area contributed by atoms with E-state index in [9.17, 15) is 9.59 Å². The minimum absolute atomic E-state index is 0.225. The average molecular weight is 174 g/mol. The van der Waals surface area contributed by atoms with E-state index in [-0.39, 0.29) is 6.41 Å². The number of aromatic nitrogens is 2. The predicted molar refractivity (Wildman–Crippen MR) is 38.7 cm³/mol. The van der Waals surface area contributed by atoms with Gasteiger partial charge in [-0.1, -0.05) is 4.49 Å². The maximum absolute atomic E-state index is 9.48. The maximum atomic E-state index is 9.48. The lowest BCUT2D eigenvalue weighted by atomic mass is 11.0. The van der Waals surface area contributed by atoms with Gasteiger partial charge in [0, 0.05) is 5.38 Å². The van der Waals surface area contributed by atoms with Gasteiger partial charge in [0.15, 0.2) is 0 Å². The van der Waals surface area contributed by atoms with Gasteiger partial charge in [0.1, 0.15) is 0 Å². The van der Waals surface area contributed by atoms with Gasteiger partial charge in [0.25, 0.3) is 0 Å². The molecule has 3 amide bonds. The largest absolute Gasteiger partial charge is 0.351 e. The summed E-state index contributed by atoms with van der Waals surface area (Å²) in [7, 11) is 0. The Morgan fingerprint density at radius 3 is 2.55 bits per heavy atom. The second kappa shape index (κ2) is 6.62. The normalized spacial score (nSPS) is 7.27. The molecule has 0 radical (unpaired) electrons. The molecule has 0 unspecified atom stereocenters. The molecule has 0 saturated heterocycles. The second-order valence-electron chi connectivity index (χ2n) is 1.21. The van der Waals surface area contributed by atoms with E-state index in [0.29, 0.717) is 0 Å². The molecular weight excluding hydrogens is 168 g/mol. The minimum Gasteiger partial charge on any atom is -0.351 e. The summed E-state index contributed by atoms with van der Waals surface area (Å²) in [6.45, 7) is 0. The molecule has 6 nitrogen and oxygen atoms in total. The lowest BCUT2D eigenvalue weighted by molar-refractivity contribution is -0.108. The van der Waals surface area contributed by atoms with Gasteiger partial charge >= 0.3 is 6.03 Å². The Hall–Kier alpha value is -1.50. The summed E-state index contributed by atoms with van der Waals surface area (Å²) in [5.41, 5.74) is 4.42. The molecule has 1 aromatic heterocycles. The van der Waals surface area contributed by atoms with Gasteiger partial charge in [-0.2, -0.15) is 0 Å². The van der Waals surface area contributed by atoms with Crippen molar-refractivity contribution in [2.75, 3.05) is 0 Å². The highest BCUT2D eigenvalue weighted by molar-refractivity contribution is 7.03. The molecular formula is C4H6N4O2S. The van der Waals surface area contributed by atoms with E-state index in [4.69, 9.17) is 0 Å². The first-order chi connectivity index (χ1) is 5.27. The minimum atomic E-state index is -0.829. The van der Waals surface area contributed by atoms with Crippen LogP contribution in [0.5, 0.6) is 0 Å². The summed E-state index contributed by atoms with van der Waals surface area (Å²) < 4.78 is 3.51. The summed E-state index contributed by atoms with van der Waals surface area (Å²) in [6, 6.07) is -0.829. The van der Waals surface area contributed by atoms with Gasteiger partial charge in [-0.05, 0) is 11.5 Å². The van der Waals surface area contributed by atoms with E-state index >= 15 is 0 Å². The zero-order valence-corrected chi connectivity index (χ0v) is 6.25. The van der Waals surface area contributed by atoms with Gasteiger partial charge in [0.2, 0.25) is 6.41 Å². The van der Waals surface area contributed by atoms with Crippen LogP contribution in [0.4, 0.5) is 4.79 Å². The molecule has 0 atom stereocenters. The van der Waals surface area contributed by atoms with E-state index < -0.39 is 6.03 Å². The Bertz CT molecular complexity index is 183. The fourth-order valence-corrected chi connectivity index (χ4v) is 0.466. The van der Waals surface area contributed by atoms with Crippen molar-refractivity contribution in [3.05, 3.63) is 11.6 Å². The smallest absolute Gasteiger partial charge is 0.318 e. The van der Waals surface area contributed by atoms with Gasteiger partial charge in [-0.3, -0.25) is 10.1 Å². The number of hydrogen-bond acceptors (Lipinski definition) is 5. The van der Waals surface area contributed by atoms with Crippen LogP contribution in [0, 0.1) is 0 Å². The van der Waals surface area contributed by atoms with Gasteiger partial charge in [-0.15, -0.1) is 5.10 Å². The zero-order chi connectivity index (χ0) is 8.53. The Morgan fingerprint density at radius 1 is 1.73 bits per heavy atom. The predicted octanol–water partition coefficient (Wildman–Crippen LogP) is -0.651. The maximum Gasteiger partial charge on any atom is 0.318 e. The van der Waals surface area contributed by atoms with Crippen molar-refractivity contribution in [3.8, 4) is 0 Å². The van der Waals surface area contributed by atoms with E-state index in [1.54, 1.807) is 11.5 Å². The number of nitrogens with two attached hydrogens (primary N) is 1. The van der Waals surface area contributed by atoms with Crippen LogP contribution in [-0.2, 0) is 4.79 Å². The van der Waals surface area contributed by atoms with Crippen LogP contribution in [0.25, 0.3) is 0 Å². The van der Waals surface area contributed by atoms with Crippen LogP contribution in [0.2, 0.25) is 0 Å².